The van der Waals surface area contributed by atoms with Crippen LogP contribution in [0.1, 0.15) is 19.4 Å². The number of hydrogen-bond acceptors (Lipinski definition) is 11. The van der Waals surface area contributed by atoms with Gasteiger partial charge in [0.2, 0.25) is 16.0 Å². The van der Waals surface area contributed by atoms with Crippen LogP contribution in [0.4, 0.5) is 34.6 Å². The van der Waals surface area contributed by atoms with Gasteiger partial charge in [-0.1, -0.05) is 26.0 Å². The van der Waals surface area contributed by atoms with Crippen molar-refractivity contribution in [1.82, 2.24) is 14.7 Å². The molecule has 2 aromatic carbocycles. The summed E-state index contributed by atoms with van der Waals surface area (Å²) < 4.78 is 39.4. The Morgan fingerprint density at radius 2 is 1.88 bits per heavy atom. The number of aliphatic hydroxyl groups excluding tert-OH is 1. The normalized spacial score (nSPS) is 16.2. The number of sulfonamides is 1. The van der Waals surface area contributed by atoms with E-state index in [0.29, 0.717) is 54.5 Å². The second-order valence-electron chi connectivity index (χ2n) is 10.2. The van der Waals surface area contributed by atoms with Gasteiger partial charge in [-0.25, -0.2) is 13.1 Å². The lowest BCUT2D eigenvalue weighted by atomic mass is 9.88. The van der Waals surface area contributed by atoms with Crippen molar-refractivity contribution in [3.63, 3.8) is 0 Å². The van der Waals surface area contributed by atoms with Crippen molar-refractivity contribution in [1.29, 1.82) is 0 Å². The van der Waals surface area contributed by atoms with Crippen LogP contribution in [0.5, 0.6) is 5.75 Å². The van der Waals surface area contributed by atoms with Gasteiger partial charge in [-0.3, -0.25) is 0 Å². The molecule has 13 heteroatoms. The summed E-state index contributed by atoms with van der Waals surface area (Å²) in [4.78, 5) is 11.8. The number of nitrogens with zero attached hydrogens (tertiary/aromatic N) is 3. The first-order chi connectivity index (χ1) is 19.2. The number of para-hydroxylation sites is 1. The lowest BCUT2D eigenvalue weighted by Gasteiger charge is -2.29. The highest BCUT2D eigenvalue weighted by Gasteiger charge is 2.36. The maximum Gasteiger partial charge on any atom is 0.242 e. The van der Waals surface area contributed by atoms with E-state index in [0.717, 1.165) is 24.3 Å². The molecule has 0 saturated carbocycles. The van der Waals surface area contributed by atoms with Crippen LogP contribution in [0, 0.1) is 0 Å². The van der Waals surface area contributed by atoms with E-state index in [1.54, 1.807) is 25.3 Å². The zero-order valence-electron chi connectivity index (χ0n) is 22.8. The third-order valence-corrected chi connectivity index (χ3v) is 8.44. The van der Waals surface area contributed by atoms with Crippen LogP contribution in [-0.2, 0) is 20.2 Å². The summed E-state index contributed by atoms with van der Waals surface area (Å²) in [5.74, 6) is 2.11. The standard InChI is InChI=1S/C27H35N7O5S/c1-27(2)17-28-24-23(27)25(30-20-6-4-5-7-22(20)40(36,37)29-10-13-35)33-26(32-24)31-19-9-8-18(16-21(19)38-3)34-11-14-39-15-12-34/h4-9,16,29,35H,10-15,17H2,1-3H3,(H3,28,30,31,32,33). The molecular weight excluding hydrogens is 534 g/mol. The molecule has 0 unspecified atom stereocenters. The summed E-state index contributed by atoms with van der Waals surface area (Å²) in [7, 11) is -2.26. The van der Waals surface area contributed by atoms with Gasteiger partial charge in [0.1, 0.15) is 22.3 Å². The summed E-state index contributed by atoms with van der Waals surface area (Å²) in [5.41, 5.74) is 2.63. The molecule has 0 atom stereocenters. The van der Waals surface area contributed by atoms with Crippen molar-refractivity contribution in [2.75, 3.05) is 74.0 Å². The number of fused-ring (bicyclic) bond motifs is 1. The number of ether oxygens (including phenoxy) is 2. The molecule has 0 aliphatic carbocycles. The van der Waals surface area contributed by atoms with E-state index in [2.05, 4.69) is 39.4 Å². The number of nitrogens with one attached hydrogen (secondary N) is 4. The molecule has 214 valence electrons. The monoisotopic (exact) mass is 569 g/mol. The van der Waals surface area contributed by atoms with Crippen molar-refractivity contribution in [2.45, 2.75) is 24.2 Å². The van der Waals surface area contributed by atoms with Gasteiger partial charge in [0.25, 0.3) is 0 Å². The van der Waals surface area contributed by atoms with Gasteiger partial charge in [0, 0.05) is 48.9 Å². The molecule has 2 aliphatic heterocycles. The van der Waals surface area contributed by atoms with Crippen LogP contribution < -0.4 is 30.3 Å². The highest BCUT2D eigenvalue weighted by Crippen LogP contribution is 2.42. The fourth-order valence-corrected chi connectivity index (χ4v) is 6.06. The Hall–Kier alpha value is -3.65. The maximum atomic E-state index is 12.9. The minimum atomic E-state index is -3.87. The van der Waals surface area contributed by atoms with Crippen LogP contribution in [0.3, 0.4) is 0 Å². The van der Waals surface area contributed by atoms with Crippen LogP contribution in [0.25, 0.3) is 0 Å². The van der Waals surface area contributed by atoms with Gasteiger partial charge in [0.05, 0.1) is 38.3 Å². The minimum absolute atomic E-state index is 0.0504. The number of morpholine rings is 1. The molecule has 1 fully saturated rings. The second-order valence-corrected chi connectivity index (χ2v) is 11.9. The summed E-state index contributed by atoms with van der Waals surface area (Å²) in [5, 5.41) is 19.0. The fourth-order valence-electron chi connectivity index (χ4n) is 4.88. The maximum absolute atomic E-state index is 12.9. The van der Waals surface area contributed by atoms with Crippen LogP contribution in [0.2, 0.25) is 0 Å². The number of rotatable bonds is 10. The van der Waals surface area contributed by atoms with Gasteiger partial charge < -0.3 is 35.4 Å². The molecule has 3 aromatic rings. The SMILES string of the molecule is COc1cc(N2CCOCC2)ccc1Nc1nc2c(c(Nc3ccccc3S(=O)(=O)NCCO)n1)C(C)(C)CN2. The van der Waals surface area contributed by atoms with Gasteiger partial charge >= 0.3 is 0 Å². The van der Waals surface area contributed by atoms with Crippen molar-refractivity contribution in [3.8, 4) is 5.75 Å². The van der Waals surface area contributed by atoms with Gasteiger partial charge in [-0.15, -0.1) is 0 Å². The van der Waals surface area contributed by atoms with Gasteiger partial charge in [-0.05, 0) is 24.3 Å². The average Bonchev–Trinajstić information content (AvgIpc) is 3.27. The van der Waals surface area contributed by atoms with E-state index in [-0.39, 0.29) is 23.5 Å². The number of aliphatic hydroxyl groups is 1. The van der Waals surface area contributed by atoms with E-state index in [4.69, 9.17) is 24.5 Å². The molecule has 1 saturated heterocycles. The quantitative estimate of drug-likeness (QED) is 0.245. The van der Waals surface area contributed by atoms with Crippen LogP contribution in [0.15, 0.2) is 47.4 Å². The zero-order valence-corrected chi connectivity index (χ0v) is 23.6. The van der Waals surface area contributed by atoms with Crippen molar-refractivity contribution in [2.24, 2.45) is 0 Å². The average molecular weight is 570 g/mol. The Balaban J connectivity index is 1.50. The van der Waals surface area contributed by atoms with Crippen LogP contribution in [-0.4, -0.2) is 76.6 Å². The molecule has 1 aromatic heterocycles. The molecule has 0 spiro atoms. The summed E-state index contributed by atoms with van der Waals surface area (Å²) in [6.45, 7) is 7.40. The molecular formula is C27H35N7O5S. The molecule has 0 radical (unpaired) electrons. The minimum Gasteiger partial charge on any atom is -0.494 e. The lowest BCUT2D eigenvalue weighted by Crippen LogP contribution is -2.36. The largest absolute Gasteiger partial charge is 0.494 e. The number of anilines is 6. The number of aromatic nitrogens is 2. The molecule has 5 rings (SSSR count). The molecule has 12 nitrogen and oxygen atoms in total. The summed E-state index contributed by atoms with van der Waals surface area (Å²) in [6, 6.07) is 12.5. The third kappa shape index (κ3) is 5.77. The summed E-state index contributed by atoms with van der Waals surface area (Å²) >= 11 is 0. The zero-order chi connectivity index (χ0) is 28.3. The molecule has 0 bridgehead atoms. The highest BCUT2D eigenvalue weighted by molar-refractivity contribution is 7.89. The van der Waals surface area contributed by atoms with E-state index in [1.165, 1.54) is 6.07 Å². The van der Waals surface area contributed by atoms with Crippen molar-refractivity contribution < 1.29 is 23.0 Å². The Morgan fingerprint density at radius 3 is 2.62 bits per heavy atom. The first-order valence-corrected chi connectivity index (χ1v) is 14.6. The smallest absolute Gasteiger partial charge is 0.242 e. The summed E-state index contributed by atoms with van der Waals surface area (Å²) in [6.07, 6.45) is 0. The Morgan fingerprint density at radius 1 is 1.10 bits per heavy atom. The Labute approximate surface area is 234 Å². The molecule has 2 aliphatic rings. The number of hydrogen-bond donors (Lipinski definition) is 5. The molecule has 5 N–H and O–H groups in total. The fraction of sp³-hybridized carbons (Fsp3) is 0.407. The first-order valence-electron chi connectivity index (χ1n) is 13.1. The van der Waals surface area contributed by atoms with Crippen molar-refractivity contribution in [3.05, 3.63) is 48.0 Å². The Bertz CT molecular complexity index is 1480. The Kier molecular flexibility index (Phi) is 7.99. The first kappa shape index (κ1) is 27.9. The third-order valence-electron chi connectivity index (χ3n) is 6.92. The van der Waals surface area contributed by atoms with E-state index < -0.39 is 10.0 Å². The predicted octanol–water partition coefficient (Wildman–Crippen LogP) is 2.78. The second kappa shape index (κ2) is 11.5. The molecule has 0 amide bonds. The van der Waals surface area contributed by atoms with E-state index in [9.17, 15) is 8.42 Å². The van der Waals surface area contributed by atoms with E-state index >= 15 is 0 Å². The molecule has 40 heavy (non-hydrogen) atoms. The predicted molar refractivity (Wildman–Crippen MR) is 155 cm³/mol. The van der Waals surface area contributed by atoms with Gasteiger partial charge in [0.15, 0.2) is 0 Å². The van der Waals surface area contributed by atoms with E-state index in [1.807, 2.05) is 18.2 Å². The molecule has 3 heterocycles. The highest BCUT2D eigenvalue weighted by atomic mass is 32.2. The van der Waals surface area contributed by atoms with Crippen LogP contribution >= 0.6 is 0 Å². The number of methoxy groups -OCH3 is 1. The van der Waals surface area contributed by atoms with Gasteiger partial charge in [-0.2, -0.15) is 9.97 Å². The number of benzene rings is 2. The topological polar surface area (TPSA) is 150 Å². The van der Waals surface area contributed by atoms with Crippen molar-refractivity contribution >= 4 is 44.7 Å². The lowest BCUT2D eigenvalue weighted by molar-refractivity contribution is 0.122.